The fraction of sp³-hybridized carbons (Fsp3) is 0.615. The Labute approximate surface area is 111 Å². The van der Waals surface area contributed by atoms with Gasteiger partial charge in [0.1, 0.15) is 0 Å². The van der Waals surface area contributed by atoms with Gasteiger partial charge in [0.15, 0.2) is 0 Å². The van der Waals surface area contributed by atoms with Crippen molar-refractivity contribution in [2.45, 2.75) is 31.8 Å². The lowest BCUT2D eigenvalue weighted by molar-refractivity contribution is 0.460. The monoisotopic (exact) mass is 262 g/mol. The normalized spacial score (nSPS) is 22.4. The van der Waals surface area contributed by atoms with Gasteiger partial charge in [0.2, 0.25) is 0 Å². The van der Waals surface area contributed by atoms with Gasteiger partial charge in [-0.3, -0.25) is 9.36 Å². The zero-order chi connectivity index (χ0) is 14.0. The minimum atomic E-state index is -0.329. The molecule has 1 aliphatic carbocycles. The highest BCUT2D eigenvalue weighted by atomic mass is 16.2. The van der Waals surface area contributed by atoms with Crippen molar-refractivity contribution >= 4 is 0 Å². The van der Waals surface area contributed by atoms with Gasteiger partial charge in [-0.25, -0.2) is 4.79 Å². The van der Waals surface area contributed by atoms with E-state index in [2.05, 4.69) is 11.4 Å². The lowest BCUT2D eigenvalue weighted by Gasteiger charge is -2.15. The van der Waals surface area contributed by atoms with E-state index in [9.17, 15) is 9.59 Å². The van der Waals surface area contributed by atoms with E-state index < -0.39 is 0 Å². The van der Waals surface area contributed by atoms with Crippen LogP contribution in [-0.2, 0) is 20.6 Å². The molecule has 2 atom stereocenters. The van der Waals surface area contributed by atoms with Crippen LogP contribution in [0.15, 0.2) is 15.8 Å². The van der Waals surface area contributed by atoms with E-state index in [0.29, 0.717) is 12.1 Å². The maximum atomic E-state index is 11.9. The quantitative estimate of drug-likeness (QED) is 0.822. The van der Waals surface area contributed by atoms with Gasteiger partial charge in [-0.15, -0.1) is 0 Å². The molecule has 19 heavy (non-hydrogen) atoms. The molecule has 102 valence electrons. The minimum Gasteiger partial charge on any atom is -0.308 e. The van der Waals surface area contributed by atoms with Crippen molar-refractivity contribution in [2.24, 2.45) is 20.0 Å². The van der Waals surface area contributed by atoms with Gasteiger partial charge in [-0.1, -0.05) is 6.42 Å². The Morgan fingerprint density at radius 3 is 2.84 bits per heavy atom. The van der Waals surface area contributed by atoms with Crippen molar-refractivity contribution in [2.75, 3.05) is 0 Å². The lowest BCUT2D eigenvalue weighted by Crippen LogP contribution is -2.41. The van der Waals surface area contributed by atoms with E-state index in [-0.39, 0.29) is 23.2 Å². The average Bonchev–Trinajstić information content (AvgIpc) is 2.86. The van der Waals surface area contributed by atoms with Crippen molar-refractivity contribution in [3.8, 4) is 6.07 Å². The zero-order valence-electron chi connectivity index (χ0n) is 11.2. The van der Waals surface area contributed by atoms with Crippen LogP contribution >= 0.6 is 0 Å². The van der Waals surface area contributed by atoms with Crippen molar-refractivity contribution < 1.29 is 0 Å². The molecule has 6 nitrogen and oxygen atoms in total. The Morgan fingerprint density at radius 2 is 2.16 bits per heavy atom. The first-order valence-corrected chi connectivity index (χ1v) is 6.43. The Kier molecular flexibility index (Phi) is 3.86. The predicted molar refractivity (Wildman–Crippen MR) is 70.5 cm³/mol. The summed E-state index contributed by atoms with van der Waals surface area (Å²) in [4.78, 5) is 23.5. The molecule has 1 saturated carbocycles. The van der Waals surface area contributed by atoms with Crippen LogP contribution in [0, 0.1) is 17.2 Å². The molecule has 1 fully saturated rings. The second-order valence-electron chi connectivity index (χ2n) is 5.07. The first-order chi connectivity index (χ1) is 9.04. The van der Waals surface area contributed by atoms with E-state index in [4.69, 9.17) is 5.26 Å². The summed E-state index contributed by atoms with van der Waals surface area (Å²) >= 11 is 0. The number of hydrogen-bond donors (Lipinski definition) is 1. The molecule has 1 aliphatic rings. The molecule has 0 aliphatic heterocycles. The number of aryl methyl sites for hydroxylation is 1. The van der Waals surface area contributed by atoms with Crippen LogP contribution in [0.2, 0.25) is 0 Å². The smallest absolute Gasteiger partial charge is 0.308 e. The Bertz CT molecular complexity index is 623. The molecule has 1 heterocycles. The summed E-state index contributed by atoms with van der Waals surface area (Å²) in [5, 5.41) is 12.3. The van der Waals surface area contributed by atoms with E-state index in [0.717, 1.165) is 23.8 Å². The highest BCUT2D eigenvalue weighted by molar-refractivity contribution is 5.06. The maximum Gasteiger partial charge on any atom is 0.330 e. The third-order valence-corrected chi connectivity index (χ3v) is 3.75. The largest absolute Gasteiger partial charge is 0.330 e. The summed E-state index contributed by atoms with van der Waals surface area (Å²) in [6.45, 7) is 0.393. The van der Waals surface area contributed by atoms with Gasteiger partial charge >= 0.3 is 5.69 Å². The van der Waals surface area contributed by atoms with Crippen LogP contribution in [0.1, 0.15) is 24.8 Å². The number of nitriles is 1. The Hall–Kier alpha value is -1.87. The maximum absolute atomic E-state index is 11.9. The standard InChI is InChI=1S/C13H18N4O2/c1-16-8-10(12(18)17(2)13(16)19)7-15-11-5-3-4-9(11)6-14/h8-9,11,15H,3-5,7H2,1-2H3. The van der Waals surface area contributed by atoms with E-state index in [1.165, 1.54) is 11.6 Å². The molecular weight excluding hydrogens is 244 g/mol. The summed E-state index contributed by atoms with van der Waals surface area (Å²) < 4.78 is 2.50. The fourth-order valence-corrected chi connectivity index (χ4v) is 2.60. The molecule has 0 bridgehead atoms. The van der Waals surface area contributed by atoms with E-state index >= 15 is 0 Å². The molecular formula is C13H18N4O2. The van der Waals surface area contributed by atoms with Gasteiger partial charge in [0, 0.05) is 38.4 Å². The topological polar surface area (TPSA) is 79.8 Å². The summed E-state index contributed by atoms with van der Waals surface area (Å²) in [5.74, 6) is 0.0244. The molecule has 6 heteroatoms. The van der Waals surface area contributed by atoms with Gasteiger partial charge in [0.05, 0.1) is 12.0 Å². The molecule has 0 radical (unpaired) electrons. The number of nitrogens with one attached hydrogen (secondary N) is 1. The summed E-state index contributed by atoms with van der Waals surface area (Å²) in [5.41, 5.74) is -0.0557. The minimum absolute atomic E-state index is 0.0244. The highest BCUT2D eigenvalue weighted by Gasteiger charge is 2.26. The van der Waals surface area contributed by atoms with Crippen LogP contribution < -0.4 is 16.6 Å². The first kappa shape index (κ1) is 13.6. The predicted octanol–water partition coefficient (Wildman–Crippen LogP) is -0.134. The molecule has 0 amide bonds. The van der Waals surface area contributed by atoms with Crippen LogP contribution in [0.5, 0.6) is 0 Å². The second kappa shape index (κ2) is 5.41. The molecule has 2 unspecified atom stereocenters. The number of aromatic nitrogens is 2. The third-order valence-electron chi connectivity index (χ3n) is 3.75. The molecule has 2 rings (SSSR count). The Balaban J connectivity index is 2.15. The summed E-state index contributed by atoms with van der Waals surface area (Å²) in [6, 6.07) is 2.44. The van der Waals surface area contributed by atoms with Gasteiger partial charge in [0.25, 0.3) is 5.56 Å². The number of rotatable bonds is 3. The van der Waals surface area contributed by atoms with Crippen LogP contribution in [0.4, 0.5) is 0 Å². The van der Waals surface area contributed by atoms with Crippen molar-refractivity contribution in [3.63, 3.8) is 0 Å². The van der Waals surface area contributed by atoms with Crippen LogP contribution in [0.3, 0.4) is 0 Å². The molecule has 1 N–H and O–H groups in total. The van der Waals surface area contributed by atoms with Crippen LogP contribution in [-0.4, -0.2) is 15.2 Å². The van der Waals surface area contributed by atoms with Crippen LogP contribution in [0.25, 0.3) is 0 Å². The summed E-state index contributed by atoms with van der Waals surface area (Å²) in [7, 11) is 3.10. The zero-order valence-corrected chi connectivity index (χ0v) is 11.2. The van der Waals surface area contributed by atoms with Crippen molar-refractivity contribution in [3.05, 3.63) is 32.6 Å². The van der Waals surface area contributed by atoms with Gasteiger partial charge < -0.3 is 9.88 Å². The molecule has 1 aromatic rings. The van der Waals surface area contributed by atoms with Gasteiger partial charge in [-0.2, -0.15) is 5.26 Å². The number of nitrogens with zero attached hydrogens (tertiary/aromatic N) is 3. The van der Waals surface area contributed by atoms with Crippen molar-refractivity contribution in [1.29, 1.82) is 5.26 Å². The fourth-order valence-electron chi connectivity index (χ4n) is 2.60. The molecule has 0 spiro atoms. The van der Waals surface area contributed by atoms with E-state index in [1.807, 2.05) is 0 Å². The molecule has 1 aromatic heterocycles. The highest BCUT2D eigenvalue weighted by Crippen LogP contribution is 2.24. The molecule has 0 aromatic carbocycles. The first-order valence-electron chi connectivity index (χ1n) is 6.43. The summed E-state index contributed by atoms with van der Waals surface area (Å²) in [6.07, 6.45) is 4.49. The second-order valence-corrected chi connectivity index (χ2v) is 5.07. The van der Waals surface area contributed by atoms with Gasteiger partial charge in [-0.05, 0) is 12.8 Å². The van der Waals surface area contributed by atoms with E-state index in [1.54, 1.807) is 13.2 Å². The third kappa shape index (κ3) is 2.61. The lowest BCUT2D eigenvalue weighted by atomic mass is 10.1. The number of hydrogen-bond acceptors (Lipinski definition) is 4. The SMILES string of the molecule is Cn1cc(CNC2CCCC2C#N)c(=O)n(C)c1=O. The molecule has 0 saturated heterocycles. The van der Waals surface area contributed by atoms with Crippen molar-refractivity contribution in [1.82, 2.24) is 14.5 Å². The Morgan fingerprint density at radius 1 is 1.42 bits per heavy atom. The average molecular weight is 262 g/mol.